The van der Waals surface area contributed by atoms with E-state index in [2.05, 4.69) is 10.2 Å². The fraction of sp³-hybridized carbons (Fsp3) is 0.273. The van der Waals surface area contributed by atoms with E-state index in [9.17, 15) is 9.59 Å². The molecule has 0 radical (unpaired) electrons. The minimum atomic E-state index is -1.01. The highest BCUT2D eigenvalue weighted by molar-refractivity contribution is 7.15. The van der Waals surface area contributed by atoms with Gasteiger partial charge in [-0.15, -0.1) is 21.5 Å². The van der Waals surface area contributed by atoms with Crippen LogP contribution in [0.2, 0.25) is 0 Å². The summed E-state index contributed by atoms with van der Waals surface area (Å²) in [7, 11) is 0. The molecule has 0 unspecified atom stereocenters. The molecule has 1 N–H and O–H groups in total. The number of aromatic nitrogens is 3. The molecule has 3 rings (SSSR count). The number of carbonyl (C=O) groups excluding carboxylic acids is 1. The van der Waals surface area contributed by atoms with Gasteiger partial charge in [-0.25, -0.2) is 4.79 Å². The Kier molecular flexibility index (Phi) is 2.79. The number of carboxylic acids is 1. The quantitative estimate of drug-likeness (QED) is 0.873. The zero-order valence-corrected chi connectivity index (χ0v) is 10.6. The molecule has 2 aromatic rings. The van der Waals surface area contributed by atoms with E-state index in [4.69, 9.17) is 5.11 Å². The van der Waals surface area contributed by atoms with Crippen LogP contribution in [0, 0.1) is 0 Å². The molecule has 0 atom stereocenters. The van der Waals surface area contributed by atoms with Crippen molar-refractivity contribution in [1.29, 1.82) is 0 Å². The van der Waals surface area contributed by atoms with Gasteiger partial charge in [-0.3, -0.25) is 4.79 Å². The van der Waals surface area contributed by atoms with E-state index < -0.39 is 5.97 Å². The Balaban J connectivity index is 1.79. The summed E-state index contributed by atoms with van der Waals surface area (Å²) >= 11 is 0.993. The average Bonchev–Trinajstić information content (AvgIpc) is 3.06. The molecule has 0 saturated heterocycles. The van der Waals surface area contributed by atoms with Crippen LogP contribution in [0.3, 0.4) is 0 Å². The molecule has 1 aliphatic heterocycles. The van der Waals surface area contributed by atoms with Gasteiger partial charge in [-0.2, -0.15) is 0 Å². The van der Waals surface area contributed by atoms with Crippen molar-refractivity contribution in [1.82, 2.24) is 19.7 Å². The molecular formula is C11H10N4O3S. The first kappa shape index (κ1) is 11.8. The van der Waals surface area contributed by atoms with Crippen molar-refractivity contribution in [2.24, 2.45) is 0 Å². The molecule has 8 heteroatoms. The Morgan fingerprint density at radius 1 is 1.26 bits per heavy atom. The average molecular weight is 278 g/mol. The molecule has 19 heavy (non-hydrogen) atoms. The predicted molar refractivity (Wildman–Crippen MR) is 66.0 cm³/mol. The summed E-state index contributed by atoms with van der Waals surface area (Å²) in [6, 6.07) is 3.00. The summed E-state index contributed by atoms with van der Waals surface area (Å²) in [5.74, 6) is -0.427. The van der Waals surface area contributed by atoms with Crippen LogP contribution in [-0.2, 0) is 13.1 Å². The molecular weight excluding hydrogens is 268 g/mol. The van der Waals surface area contributed by atoms with Gasteiger partial charge in [0.25, 0.3) is 5.91 Å². The summed E-state index contributed by atoms with van der Waals surface area (Å²) in [5, 5.41) is 16.6. The van der Waals surface area contributed by atoms with Crippen LogP contribution >= 0.6 is 11.3 Å². The smallest absolute Gasteiger partial charge is 0.345 e. The minimum absolute atomic E-state index is 0.160. The fourth-order valence-corrected chi connectivity index (χ4v) is 2.78. The number of carbonyl (C=O) groups is 2. The maximum Gasteiger partial charge on any atom is 0.345 e. The second-order valence-corrected chi connectivity index (χ2v) is 5.22. The highest BCUT2D eigenvalue weighted by atomic mass is 32.1. The van der Waals surface area contributed by atoms with E-state index in [-0.39, 0.29) is 10.8 Å². The number of rotatable bonds is 2. The van der Waals surface area contributed by atoms with Crippen molar-refractivity contribution in [3.8, 4) is 0 Å². The van der Waals surface area contributed by atoms with Crippen molar-refractivity contribution in [3.05, 3.63) is 34.0 Å². The molecule has 2 aromatic heterocycles. The number of aromatic carboxylic acids is 1. The van der Waals surface area contributed by atoms with Gasteiger partial charge in [-0.05, 0) is 12.1 Å². The Morgan fingerprint density at radius 2 is 2.05 bits per heavy atom. The molecule has 0 spiro atoms. The normalized spacial score (nSPS) is 14.2. The topological polar surface area (TPSA) is 88.3 Å². The molecule has 0 bridgehead atoms. The lowest BCUT2D eigenvalue weighted by Crippen LogP contribution is -2.37. The van der Waals surface area contributed by atoms with Crippen LogP contribution in [0.15, 0.2) is 18.5 Å². The van der Waals surface area contributed by atoms with Crippen molar-refractivity contribution in [2.45, 2.75) is 13.1 Å². The molecule has 1 aliphatic rings. The number of fused-ring (bicyclic) bond motifs is 1. The first-order valence-electron chi connectivity index (χ1n) is 5.64. The van der Waals surface area contributed by atoms with E-state index in [1.54, 1.807) is 17.3 Å². The maximum atomic E-state index is 12.3. The summed E-state index contributed by atoms with van der Waals surface area (Å²) < 4.78 is 1.90. The second kappa shape index (κ2) is 4.47. The molecule has 1 amide bonds. The minimum Gasteiger partial charge on any atom is -0.477 e. The van der Waals surface area contributed by atoms with Crippen LogP contribution in [0.25, 0.3) is 0 Å². The lowest BCUT2D eigenvalue weighted by atomic mass is 10.3. The highest BCUT2D eigenvalue weighted by Gasteiger charge is 2.24. The second-order valence-electron chi connectivity index (χ2n) is 4.14. The van der Waals surface area contributed by atoms with E-state index in [1.807, 2.05) is 4.57 Å². The predicted octanol–water partition coefficient (Wildman–Crippen LogP) is 0.694. The summed E-state index contributed by atoms with van der Waals surface area (Å²) in [6.45, 7) is 1.63. The Labute approximate surface area is 112 Å². The lowest BCUT2D eigenvalue weighted by Gasteiger charge is -2.26. The number of carboxylic acid groups (broad SMARTS) is 1. The molecule has 98 valence electrons. The van der Waals surface area contributed by atoms with Crippen LogP contribution < -0.4 is 0 Å². The molecule has 0 aromatic carbocycles. The van der Waals surface area contributed by atoms with Crippen LogP contribution in [0.5, 0.6) is 0 Å². The van der Waals surface area contributed by atoms with Crippen molar-refractivity contribution < 1.29 is 14.7 Å². The summed E-state index contributed by atoms with van der Waals surface area (Å²) in [4.78, 5) is 25.3. The van der Waals surface area contributed by atoms with Gasteiger partial charge in [0.15, 0.2) is 5.82 Å². The Morgan fingerprint density at radius 3 is 2.79 bits per heavy atom. The third-order valence-electron chi connectivity index (χ3n) is 2.95. The first-order chi connectivity index (χ1) is 9.15. The van der Waals surface area contributed by atoms with Crippen LogP contribution in [0.1, 0.15) is 25.2 Å². The van der Waals surface area contributed by atoms with Gasteiger partial charge < -0.3 is 14.6 Å². The molecule has 0 fully saturated rings. The van der Waals surface area contributed by atoms with Gasteiger partial charge >= 0.3 is 5.97 Å². The van der Waals surface area contributed by atoms with Crippen molar-refractivity contribution in [2.75, 3.05) is 6.54 Å². The lowest BCUT2D eigenvalue weighted by molar-refractivity contribution is 0.0699. The van der Waals surface area contributed by atoms with Crippen LogP contribution in [0.4, 0.5) is 0 Å². The standard InChI is InChI=1S/C11H10N4O3S/c16-10(7-1-2-8(19-7)11(17)18)14-3-4-15-6-12-13-9(15)5-14/h1-2,6H,3-5H2,(H,17,18). The maximum absolute atomic E-state index is 12.3. The van der Waals surface area contributed by atoms with E-state index in [1.165, 1.54) is 6.07 Å². The van der Waals surface area contributed by atoms with Gasteiger partial charge in [0.05, 0.1) is 11.4 Å². The largest absolute Gasteiger partial charge is 0.477 e. The zero-order valence-electron chi connectivity index (χ0n) is 9.81. The van der Waals surface area contributed by atoms with Crippen molar-refractivity contribution >= 4 is 23.2 Å². The van der Waals surface area contributed by atoms with E-state index in [0.717, 1.165) is 17.2 Å². The fourth-order valence-electron chi connectivity index (χ4n) is 1.96. The van der Waals surface area contributed by atoms with Crippen molar-refractivity contribution in [3.63, 3.8) is 0 Å². The number of hydrogen-bond acceptors (Lipinski definition) is 5. The molecule has 7 nitrogen and oxygen atoms in total. The van der Waals surface area contributed by atoms with Gasteiger partial charge in [0, 0.05) is 13.1 Å². The number of amides is 1. The molecule has 3 heterocycles. The number of thiophene rings is 1. The molecule has 0 saturated carbocycles. The third kappa shape index (κ3) is 2.10. The van der Waals surface area contributed by atoms with E-state index >= 15 is 0 Å². The van der Waals surface area contributed by atoms with E-state index in [0.29, 0.717) is 24.5 Å². The van der Waals surface area contributed by atoms with Crippen LogP contribution in [-0.4, -0.2) is 43.2 Å². The monoisotopic (exact) mass is 278 g/mol. The Bertz CT molecular complexity index is 648. The number of hydrogen-bond donors (Lipinski definition) is 1. The van der Waals surface area contributed by atoms with Gasteiger partial charge in [0.1, 0.15) is 11.2 Å². The highest BCUT2D eigenvalue weighted by Crippen LogP contribution is 2.20. The Hall–Kier alpha value is -2.22. The summed E-state index contributed by atoms with van der Waals surface area (Å²) in [5.41, 5.74) is 0. The van der Waals surface area contributed by atoms with Gasteiger partial charge in [0.2, 0.25) is 0 Å². The summed E-state index contributed by atoms with van der Waals surface area (Å²) in [6.07, 6.45) is 1.64. The number of nitrogens with zero attached hydrogens (tertiary/aromatic N) is 4. The SMILES string of the molecule is O=C(O)c1ccc(C(=O)N2CCn3cnnc3C2)s1. The van der Waals surface area contributed by atoms with Gasteiger partial charge in [-0.1, -0.05) is 0 Å². The first-order valence-corrected chi connectivity index (χ1v) is 6.46. The zero-order chi connectivity index (χ0) is 13.4. The molecule has 0 aliphatic carbocycles. The third-order valence-corrected chi connectivity index (χ3v) is 4.01.